The lowest BCUT2D eigenvalue weighted by Crippen LogP contribution is -2.48. The van der Waals surface area contributed by atoms with E-state index in [0.717, 1.165) is 12.8 Å². The Hall–Kier alpha value is -1.30. The van der Waals surface area contributed by atoms with Crippen LogP contribution in [-0.4, -0.2) is 46.3 Å². The van der Waals surface area contributed by atoms with E-state index in [-0.39, 0.29) is 24.6 Å². The number of aliphatic carboxylic acids is 1. The summed E-state index contributed by atoms with van der Waals surface area (Å²) < 4.78 is 5.34. The van der Waals surface area contributed by atoms with E-state index in [0.29, 0.717) is 13.0 Å². The second-order valence-corrected chi connectivity index (χ2v) is 5.98. The van der Waals surface area contributed by atoms with Crippen molar-refractivity contribution in [2.75, 3.05) is 6.54 Å². The van der Waals surface area contributed by atoms with Crippen LogP contribution in [0.4, 0.5) is 4.79 Å². The Labute approximate surface area is 113 Å². The Kier molecular flexibility index (Phi) is 5.17. The van der Waals surface area contributed by atoms with Crippen molar-refractivity contribution in [1.82, 2.24) is 4.90 Å². The normalized spacial score (nSPS) is 21.3. The SMILES string of the molecule is CC(C)(C)OC(=O)N1CCCC1C(N)CCC(=O)O. The Morgan fingerprint density at radius 3 is 2.63 bits per heavy atom. The van der Waals surface area contributed by atoms with Crippen LogP contribution in [-0.2, 0) is 9.53 Å². The molecule has 0 aliphatic carbocycles. The van der Waals surface area contributed by atoms with E-state index in [1.165, 1.54) is 0 Å². The molecular weight excluding hydrogens is 248 g/mol. The van der Waals surface area contributed by atoms with Gasteiger partial charge in [-0.2, -0.15) is 0 Å². The number of nitrogens with two attached hydrogens (primary N) is 1. The number of hydrogen-bond acceptors (Lipinski definition) is 4. The molecule has 6 heteroatoms. The van der Waals surface area contributed by atoms with Crippen molar-refractivity contribution in [3.05, 3.63) is 0 Å². The summed E-state index contributed by atoms with van der Waals surface area (Å²) in [5, 5.41) is 8.67. The Morgan fingerprint density at radius 2 is 2.11 bits per heavy atom. The molecule has 1 aliphatic heterocycles. The van der Waals surface area contributed by atoms with Crippen LogP contribution >= 0.6 is 0 Å². The van der Waals surface area contributed by atoms with Gasteiger partial charge in [0.25, 0.3) is 0 Å². The van der Waals surface area contributed by atoms with Crippen molar-refractivity contribution >= 4 is 12.1 Å². The van der Waals surface area contributed by atoms with Gasteiger partial charge in [-0.25, -0.2) is 4.79 Å². The molecule has 110 valence electrons. The lowest BCUT2D eigenvalue weighted by atomic mass is 10.0. The monoisotopic (exact) mass is 272 g/mol. The third kappa shape index (κ3) is 5.06. The van der Waals surface area contributed by atoms with Crippen LogP contribution in [0.25, 0.3) is 0 Å². The molecule has 0 bridgehead atoms. The highest BCUT2D eigenvalue weighted by molar-refractivity contribution is 5.69. The highest BCUT2D eigenvalue weighted by Crippen LogP contribution is 2.24. The lowest BCUT2D eigenvalue weighted by molar-refractivity contribution is -0.137. The van der Waals surface area contributed by atoms with Crippen molar-refractivity contribution in [1.29, 1.82) is 0 Å². The maximum atomic E-state index is 12.0. The number of carboxylic acid groups (broad SMARTS) is 1. The van der Waals surface area contributed by atoms with E-state index >= 15 is 0 Å². The first-order chi connectivity index (χ1) is 8.70. The second-order valence-electron chi connectivity index (χ2n) is 5.98. The first-order valence-corrected chi connectivity index (χ1v) is 6.67. The molecule has 0 saturated carbocycles. The molecule has 1 fully saturated rings. The third-order valence-electron chi connectivity index (χ3n) is 3.11. The first-order valence-electron chi connectivity index (χ1n) is 6.67. The Balaban J connectivity index is 2.58. The number of nitrogens with zero attached hydrogens (tertiary/aromatic N) is 1. The van der Waals surface area contributed by atoms with E-state index < -0.39 is 11.6 Å². The standard InChI is InChI=1S/C13H24N2O4/c1-13(2,3)19-12(18)15-8-4-5-10(15)9(14)6-7-11(16)17/h9-10H,4-8,14H2,1-3H3,(H,16,17). The zero-order valence-corrected chi connectivity index (χ0v) is 11.9. The summed E-state index contributed by atoms with van der Waals surface area (Å²) in [5.41, 5.74) is 5.47. The zero-order valence-electron chi connectivity index (χ0n) is 11.9. The van der Waals surface area contributed by atoms with Crippen LogP contribution in [0.1, 0.15) is 46.5 Å². The van der Waals surface area contributed by atoms with Crippen LogP contribution < -0.4 is 5.73 Å². The van der Waals surface area contributed by atoms with Gasteiger partial charge in [-0.1, -0.05) is 0 Å². The summed E-state index contributed by atoms with van der Waals surface area (Å²) in [6.45, 7) is 6.08. The summed E-state index contributed by atoms with van der Waals surface area (Å²) in [6, 6.07) is -0.430. The fourth-order valence-corrected chi connectivity index (χ4v) is 2.27. The molecule has 1 rings (SSSR count). The quantitative estimate of drug-likeness (QED) is 0.810. The fourth-order valence-electron chi connectivity index (χ4n) is 2.27. The number of hydrogen-bond donors (Lipinski definition) is 2. The number of carbonyl (C=O) groups excluding carboxylic acids is 1. The van der Waals surface area contributed by atoms with Crippen molar-refractivity contribution < 1.29 is 19.4 Å². The molecule has 0 aromatic rings. The Morgan fingerprint density at radius 1 is 1.47 bits per heavy atom. The highest BCUT2D eigenvalue weighted by atomic mass is 16.6. The number of likely N-dealkylation sites (tertiary alicyclic amines) is 1. The van der Waals surface area contributed by atoms with E-state index in [9.17, 15) is 9.59 Å². The van der Waals surface area contributed by atoms with Crippen LogP contribution in [0.3, 0.4) is 0 Å². The van der Waals surface area contributed by atoms with Gasteiger partial charge < -0.3 is 20.5 Å². The van der Waals surface area contributed by atoms with Crippen molar-refractivity contribution in [2.45, 2.75) is 64.1 Å². The van der Waals surface area contributed by atoms with Gasteiger partial charge in [0.15, 0.2) is 0 Å². The maximum absolute atomic E-state index is 12.0. The number of rotatable bonds is 4. The summed E-state index contributed by atoms with van der Waals surface area (Å²) in [6.07, 6.45) is 1.73. The second kappa shape index (κ2) is 6.23. The van der Waals surface area contributed by atoms with Crippen LogP contribution in [0.5, 0.6) is 0 Å². The van der Waals surface area contributed by atoms with Crippen LogP contribution in [0.15, 0.2) is 0 Å². The molecule has 0 aromatic heterocycles. The molecule has 19 heavy (non-hydrogen) atoms. The van der Waals surface area contributed by atoms with Crippen molar-refractivity contribution in [3.63, 3.8) is 0 Å². The summed E-state index contributed by atoms with van der Waals surface area (Å²) in [7, 11) is 0. The van der Waals surface area contributed by atoms with Gasteiger partial charge in [-0.05, 0) is 40.0 Å². The van der Waals surface area contributed by atoms with E-state index in [4.69, 9.17) is 15.6 Å². The molecule has 0 radical (unpaired) electrons. The molecule has 0 spiro atoms. The molecule has 1 aliphatic rings. The number of amides is 1. The van der Waals surface area contributed by atoms with E-state index in [1.807, 2.05) is 20.8 Å². The summed E-state index contributed by atoms with van der Waals surface area (Å²) >= 11 is 0. The third-order valence-corrected chi connectivity index (χ3v) is 3.11. The van der Waals surface area contributed by atoms with E-state index in [2.05, 4.69) is 0 Å². The van der Waals surface area contributed by atoms with Crippen LogP contribution in [0, 0.1) is 0 Å². The van der Waals surface area contributed by atoms with E-state index in [1.54, 1.807) is 4.90 Å². The molecule has 1 amide bonds. The number of carboxylic acids is 1. The molecule has 2 atom stereocenters. The highest BCUT2D eigenvalue weighted by Gasteiger charge is 2.35. The van der Waals surface area contributed by atoms with Gasteiger partial charge in [0, 0.05) is 19.0 Å². The average Bonchev–Trinajstić information content (AvgIpc) is 2.72. The average molecular weight is 272 g/mol. The minimum Gasteiger partial charge on any atom is -0.481 e. The van der Waals surface area contributed by atoms with Crippen LogP contribution in [0.2, 0.25) is 0 Å². The number of ether oxygens (including phenoxy) is 1. The minimum atomic E-state index is -0.864. The molecule has 6 nitrogen and oxygen atoms in total. The summed E-state index contributed by atoms with van der Waals surface area (Å²) in [4.78, 5) is 24.2. The largest absolute Gasteiger partial charge is 0.481 e. The summed E-state index contributed by atoms with van der Waals surface area (Å²) in [5.74, 6) is -0.864. The predicted molar refractivity (Wildman–Crippen MR) is 70.8 cm³/mol. The zero-order chi connectivity index (χ0) is 14.6. The molecule has 0 aromatic carbocycles. The van der Waals surface area contributed by atoms with Crippen molar-refractivity contribution in [3.8, 4) is 0 Å². The molecule has 2 unspecified atom stereocenters. The number of carbonyl (C=O) groups is 2. The van der Waals surface area contributed by atoms with Crippen molar-refractivity contribution in [2.24, 2.45) is 5.73 Å². The van der Waals surface area contributed by atoms with Gasteiger partial charge in [-0.15, -0.1) is 0 Å². The fraction of sp³-hybridized carbons (Fsp3) is 0.846. The minimum absolute atomic E-state index is 0.0276. The smallest absolute Gasteiger partial charge is 0.410 e. The lowest BCUT2D eigenvalue weighted by Gasteiger charge is -2.31. The van der Waals surface area contributed by atoms with Gasteiger partial charge in [0.05, 0.1) is 6.04 Å². The first kappa shape index (κ1) is 15.8. The predicted octanol–water partition coefficient (Wildman–Crippen LogP) is 1.58. The van der Waals surface area contributed by atoms with Gasteiger partial charge in [0.1, 0.15) is 5.60 Å². The molecular formula is C13H24N2O4. The Bertz CT molecular complexity index is 338. The molecule has 1 saturated heterocycles. The van der Waals surface area contributed by atoms with Gasteiger partial charge in [-0.3, -0.25) is 4.79 Å². The van der Waals surface area contributed by atoms with Gasteiger partial charge >= 0.3 is 12.1 Å². The molecule has 1 heterocycles. The topological polar surface area (TPSA) is 92.9 Å². The van der Waals surface area contributed by atoms with Gasteiger partial charge in [0.2, 0.25) is 0 Å². The maximum Gasteiger partial charge on any atom is 0.410 e. The molecule has 3 N–H and O–H groups in total.